The van der Waals surface area contributed by atoms with Gasteiger partial charge in [0.1, 0.15) is 11.6 Å². The van der Waals surface area contributed by atoms with Crippen LogP contribution in [0.4, 0.5) is 0 Å². The second kappa shape index (κ2) is 5.52. The van der Waals surface area contributed by atoms with E-state index in [1.165, 1.54) is 0 Å². The van der Waals surface area contributed by atoms with Gasteiger partial charge in [0, 0.05) is 5.02 Å². The van der Waals surface area contributed by atoms with E-state index in [1.807, 2.05) is 32.9 Å². The smallest absolute Gasteiger partial charge is 0.323 e. The molecule has 0 aliphatic heterocycles. The zero-order valence-corrected chi connectivity index (χ0v) is 11.1. The Hall–Kier alpha value is -1.06. The highest BCUT2D eigenvalue weighted by Crippen LogP contribution is 2.13. The predicted octanol–water partition coefficient (Wildman–Crippen LogP) is 2.55. The van der Waals surface area contributed by atoms with E-state index in [0.717, 1.165) is 5.56 Å². The summed E-state index contributed by atoms with van der Waals surface area (Å²) in [6.45, 7) is 5.46. The highest BCUT2D eigenvalue weighted by molar-refractivity contribution is 6.30. The summed E-state index contributed by atoms with van der Waals surface area (Å²) in [5.74, 6) is -0.382. The third-order valence-corrected chi connectivity index (χ3v) is 2.33. The molecular formula is C13H18ClNO2. The van der Waals surface area contributed by atoms with Gasteiger partial charge >= 0.3 is 5.97 Å². The van der Waals surface area contributed by atoms with Crippen LogP contribution in [0.2, 0.25) is 5.02 Å². The second-order valence-electron chi connectivity index (χ2n) is 4.97. The molecule has 0 unspecified atom stereocenters. The van der Waals surface area contributed by atoms with E-state index in [4.69, 9.17) is 22.1 Å². The standard InChI is InChI=1S/C13H18ClNO2/c1-13(2,3)17-12(16)11(15)8-9-4-6-10(14)7-5-9/h4-7,11H,8,15H2,1-3H3/t11-/m1/s1. The maximum absolute atomic E-state index is 11.7. The predicted molar refractivity (Wildman–Crippen MR) is 69.0 cm³/mol. The summed E-state index contributed by atoms with van der Waals surface area (Å²) in [6.07, 6.45) is 0.450. The molecule has 2 N–H and O–H groups in total. The van der Waals surface area contributed by atoms with Crippen molar-refractivity contribution < 1.29 is 9.53 Å². The Bertz CT molecular complexity index is 381. The molecule has 0 spiro atoms. The number of hydrogen-bond donors (Lipinski definition) is 1. The lowest BCUT2D eigenvalue weighted by atomic mass is 10.1. The lowest BCUT2D eigenvalue weighted by Crippen LogP contribution is -2.38. The maximum atomic E-state index is 11.7. The largest absolute Gasteiger partial charge is 0.459 e. The highest BCUT2D eigenvalue weighted by Gasteiger charge is 2.22. The summed E-state index contributed by atoms with van der Waals surface area (Å²) in [5.41, 5.74) is 6.25. The van der Waals surface area contributed by atoms with Crippen LogP contribution < -0.4 is 5.73 Å². The molecule has 0 fully saturated rings. The van der Waals surface area contributed by atoms with Gasteiger partial charge in [-0.15, -0.1) is 0 Å². The maximum Gasteiger partial charge on any atom is 0.323 e. The molecule has 0 saturated carbocycles. The molecule has 0 heterocycles. The minimum absolute atomic E-state index is 0.382. The highest BCUT2D eigenvalue weighted by atomic mass is 35.5. The average Bonchev–Trinajstić information content (AvgIpc) is 2.19. The molecule has 0 saturated heterocycles. The fourth-order valence-corrected chi connectivity index (χ4v) is 1.46. The Morgan fingerprint density at radius 1 is 1.35 bits per heavy atom. The van der Waals surface area contributed by atoms with Crippen LogP contribution in [0.1, 0.15) is 26.3 Å². The van der Waals surface area contributed by atoms with Crippen molar-refractivity contribution in [2.24, 2.45) is 5.73 Å². The summed E-state index contributed by atoms with van der Waals surface area (Å²) in [6, 6.07) is 6.62. The van der Waals surface area contributed by atoms with Crippen LogP contribution >= 0.6 is 11.6 Å². The zero-order chi connectivity index (χ0) is 13.1. The van der Waals surface area contributed by atoms with Gasteiger partial charge in [-0.3, -0.25) is 4.79 Å². The summed E-state index contributed by atoms with van der Waals surface area (Å²) >= 11 is 5.78. The van der Waals surface area contributed by atoms with Crippen molar-refractivity contribution in [3.05, 3.63) is 34.9 Å². The van der Waals surface area contributed by atoms with Gasteiger partial charge in [-0.05, 0) is 44.9 Å². The molecule has 94 valence electrons. The van der Waals surface area contributed by atoms with E-state index in [9.17, 15) is 4.79 Å². The van der Waals surface area contributed by atoms with Crippen LogP contribution in [0.5, 0.6) is 0 Å². The average molecular weight is 256 g/mol. The molecule has 1 rings (SSSR count). The quantitative estimate of drug-likeness (QED) is 0.845. The number of ether oxygens (including phenoxy) is 1. The fourth-order valence-electron chi connectivity index (χ4n) is 1.34. The van der Waals surface area contributed by atoms with Gasteiger partial charge in [0.2, 0.25) is 0 Å². The van der Waals surface area contributed by atoms with Crippen LogP contribution in [-0.4, -0.2) is 17.6 Å². The van der Waals surface area contributed by atoms with Crippen molar-refractivity contribution in [1.29, 1.82) is 0 Å². The normalized spacial score (nSPS) is 13.2. The van der Waals surface area contributed by atoms with Crippen molar-refractivity contribution in [2.75, 3.05) is 0 Å². The van der Waals surface area contributed by atoms with Crippen molar-refractivity contribution in [3.63, 3.8) is 0 Å². The minimum Gasteiger partial charge on any atom is -0.459 e. The number of esters is 1. The van der Waals surface area contributed by atoms with Gasteiger partial charge in [-0.1, -0.05) is 23.7 Å². The number of halogens is 1. The summed E-state index contributed by atoms with van der Waals surface area (Å²) in [5, 5.41) is 0.666. The van der Waals surface area contributed by atoms with E-state index in [0.29, 0.717) is 11.4 Å². The first-order chi connectivity index (χ1) is 7.78. The Kier molecular flexibility index (Phi) is 4.54. The van der Waals surface area contributed by atoms with Gasteiger partial charge in [-0.2, -0.15) is 0 Å². The minimum atomic E-state index is -0.643. The molecule has 0 bridgehead atoms. The Balaban J connectivity index is 2.57. The molecule has 3 nitrogen and oxygen atoms in total. The topological polar surface area (TPSA) is 52.3 Å². The monoisotopic (exact) mass is 255 g/mol. The van der Waals surface area contributed by atoms with Gasteiger partial charge in [0.15, 0.2) is 0 Å². The second-order valence-corrected chi connectivity index (χ2v) is 5.41. The molecule has 0 radical (unpaired) electrons. The van der Waals surface area contributed by atoms with Gasteiger partial charge in [0.05, 0.1) is 0 Å². The van der Waals surface area contributed by atoms with E-state index >= 15 is 0 Å². The molecule has 1 aromatic rings. The van der Waals surface area contributed by atoms with E-state index < -0.39 is 11.6 Å². The van der Waals surface area contributed by atoms with Crippen molar-refractivity contribution in [2.45, 2.75) is 38.8 Å². The molecule has 0 aliphatic carbocycles. The zero-order valence-electron chi connectivity index (χ0n) is 10.4. The number of carbonyl (C=O) groups excluding carboxylic acids is 1. The lowest BCUT2D eigenvalue weighted by Gasteiger charge is -2.22. The molecular weight excluding hydrogens is 238 g/mol. The van der Waals surface area contributed by atoms with Crippen LogP contribution in [0.25, 0.3) is 0 Å². The van der Waals surface area contributed by atoms with Crippen LogP contribution in [0.15, 0.2) is 24.3 Å². The molecule has 4 heteroatoms. The van der Waals surface area contributed by atoms with Gasteiger partial charge < -0.3 is 10.5 Å². The SMILES string of the molecule is CC(C)(C)OC(=O)[C@H](N)Cc1ccc(Cl)cc1. The Morgan fingerprint density at radius 3 is 2.35 bits per heavy atom. The third kappa shape index (κ3) is 5.20. The summed E-state index contributed by atoms with van der Waals surface area (Å²) in [7, 11) is 0. The van der Waals surface area contributed by atoms with Crippen molar-refractivity contribution in [1.82, 2.24) is 0 Å². The van der Waals surface area contributed by atoms with Crippen molar-refractivity contribution in [3.8, 4) is 0 Å². The van der Waals surface area contributed by atoms with Crippen LogP contribution in [0, 0.1) is 0 Å². The fraction of sp³-hybridized carbons (Fsp3) is 0.462. The van der Waals surface area contributed by atoms with E-state index in [1.54, 1.807) is 12.1 Å². The molecule has 1 aromatic carbocycles. The molecule has 0 aromatic heterocycles. The van der Waals surface area contributed by atoms with Crippen LogP contribution in [-0.2, 0) is 16.0 Å². The Labute approximate surface area is 107 Å². The Morgan fingerprint density at radius 2 is 1.88 bits per heavy atom. The first-order valence-electron chi connectivity index (χ1n) is 5.51. The van der Waals surface area contributed by atoms with Crippen LogP contribution in [0.3, 0.4) is 0 Å². The van der Waals surface area contributed by atoms with Gasteiger partial charge in [-0.25, -0.2) is 0 Å². The summed E-state index contributed by atoms with van der Waals surface area (Å²) in [4.78, 5) is 11.7. The van der Waals surface area contributed by atoms with Gasteiger partial charge in [0.25, 0.3) is 0 Å². The number of benzene rings is 1. The first kappa shape index (κ1) is 14.0. The first-order valence-corrected chi connectivity index (χ1v) is 5.88. The number of carbonyl (C=O) groups is 1. The molecule has 1 atom stereocenters. The number of nitrogens with two attached hydrogens (primary N) is 1. The third-order valence-electron chi connectivity index (χ3n) is 2.08. The summed E-state index contributed by atoms with van der Waals surface area (Å²) < 4.78 is 5.21. The number of rotatable bonds is 3. The lowest BCUT2D eigenvalue weighted by molar-refractivity contribution is -0.156. The molecule has 0 amide bonds. The van der Waals surface area contributed by atoms with Crippen molar-refractivity contribution >= 4 is 17.6 Å². The number of hydrogen-bond acceptors (Lipinski definition) is 3. The van der Waals surface area contributed by atoms with E-state index in [-0.39, 0.29) is 5.97 Å². The molecule has 0 aliphatic rings. The van der Waals surface area contributed by atoms with E-state index in [2.05, 4.69) is 0 Å². The molecule has 17 heavy (non-hydrogen) atoms.